The van der Waals surface area contributed by atoms with Gasteiger partial charge in [0.05, 0.1) is 22.1 Å². The van der Waals surface area contributed by atoms with Crippen molar-refractivity contribution in [2.75, 3.05) is 5.43 Å². The van der Waals surface area contributed by atoms with Crippen molar-refractivity contribution in [1.29, 1.82) is 0 Å². The Morgan fingerprint density at radius 3 is 2.94 bits per heavy atom. The molecule has 1 aromatic carbocycles. The molecule has 0 fully saturated rings. The van der Waals surface area contributed by atoms with Gasteiger partial charge in [0.25, 0.3) is 0 Å². The molecule has 3 rings (SSSR count). The van der Waals surface area contributed by atoms with Gasteiger partial charge in [0.15, 0.2) is 0 Å². The summed E-state index contributed by atoms with van der Waals surface area (Å²) in [5.41, 5.74) is 5.01. The molecule has 0 aliphatic heterocycles. The maximum atomic E-state index is 4.44. The molecule has 0 saturated carbocycles. The van der Waals surface area contributed by atoms with Crippen molar-refractivity contribution in [3.05, 3.63) is 48.3 Å². The Morgan fingerprint density at radius 1 is 1.28 bits per heavy atom. The number of aromatic nitrogens is 2. The first-order chi connectivity index (χ1) is 8.83. The molecule has 0 spiro atoms. The molecular formula is C13H12N4S. The highest BCUT2D eigenvalue weighted by atomic mass is 32.1. The zero-order valence-electron chi connectivity index (χ0n) is 9.87. The van der Waals surface area contributed by atoms with Gasteiger partial charge in [-0.15, -0.1) is 0 Å². The Morgan fingerprint density at radius 2 is 2.17 bits per heavy atom. The Kier molecular flexibility index (Phi) is 2.82. The molecule has 2 heterocycles. The maximum absolute atomic E-state index is 4.44. The molecule has 0 saturated heterocycles. The molecule has 0 unspecified atom stereocenters. The van der Waals surface area contributed by atoms with Gasteiger partial charge in [-0.1, -0.05) is 23.5 Å². The molecule has 0 aliphatic rings. The van der Waals surface area contributed by atoms with Crippen LogP contribution in [0.4, 0.5) is 5.13 Å². The van der Waals surface area contributed by atoms with E-state index >= 15 is 0 Å². The third-order valence-electron chi connectivity index (χ3n) is 2.63. The first-order valence-corrected chi connectivity index (χ1v) is 6.40. The SMILES string of the molecule is Cn1cccc1/C=N/Nc1nc2ccccc2s1. The van der Waals surface area contributed by atoms with Crippen LogP contribution in [0.15, 0.2) is 47.7 Å². The second-order valence-corrected chi connectivity index (χ2v) is 4.93. The summed E-state index contributed by atoms with van der Waals surface area (Å²) in [5, 5.41) is 5.00. The number of hydrogen-bond donors (Lipinski definition) is 1. The van der Waals surface area contributed by atoms with E-state index in [0.717, 1.165) is 21.0 Å². The number of anilines is 1. The van der Waals surface area contributed by atoms with Crippen LogP contribution in [0, 0.1) is 0 Å². The van der Waals surface area contributed by atoms with Gasteiger partial charge in [-0.2, -0.15) is 5.10 Å². The summed E-state index contributed by atoms with van der Waals surface area (Å²) in [6, 6.07) is 12.0. The van der Waals surface area contributed by atoms with E-state index in [4.69, 9.17) is 0 Å². The molecular weight excluding hydrogens is 244 g/mol. The minimum atomic E-state index is 0.807. The highest BCUT2D eigenvalue weighted by molar-refractivity contribution is 7.22. The van der Waals surface area contributed by atoms with E-state index in [2.05, 4.69) is 21.6 Å². The lowest BCUT2D eigenvalue weighted by molar-refractivity contribution is 0.918. The molecule has 0 radical (unpaired) electrons. The summed E-state index contributed by atoms with van der Waals surface area (Å²) in [6.07, 6.45) is 3.77. The van der Waals surface area contributed by atoms with E-state index in [1.165, 1.54) is 0 Å². The zero-order chi connectivity index (χ0) is 12.4. The molecule has 0 aliphatic carbocycles. The standard InChI is InChI=1S/C13H12N4S/c1-17-8-4-5-10(17)9-14-16-13-15-11-6-2-3-7-12(11)18-13/h2-9H,1H3,(H,15,16)/b14-9+. The normalized spacial score (nSPS) is 11.4. The van der Waals surface area contributed by atoms with Gasteiger partial charge in [-0.3, -0.25) is 5.43 Å². The predicted molar refractivity (Wildman–Crippen MR) is 76.2 cm³/mol. The lowest BCUT2D eigenvalue weighted by atomic mass is 10.3. The summed E-state index contributed by atoms with van der Waals surface area (Å²) in [4.78, 5) is 4.44. The molecule has 90 valence electrons. The fourth-order valence-electron chi connectivity index (χ4n) is 1.68. The number of benzene rings is 1. The fourth-order valence-corrected chi connectivity index (χ4v) is 2.50. The van der Waals surface area contributed by atoms with Crippen molar-refractivity contribution < 1.29 is 0 Å². The quantitative estimate of drug-likeness (QED) is 0.578. The van der Waals surface area contributed by atoms with Crippen molar-refractivity contribution in [2.45, 2.75) is 0 Å². The Bertz CT molecular complexity index is 663. The van der Waals surface area contributed by atoms with Crippen LogP contribution in [-0.2, 0) is 7.05 Å². The highest BCUT2D eigenvalue weighted by Crippen LogP contribution is 2.25. The molecule has 1 N–H and O–H groups in total. The van der Waals surface area contributed by atoms with Crippen LogP contribution in [0.2, 0.25) is 0 Å². The zero-order valence-corrected chi connectivity index (χ0v) is 10.7. The number of thiazole rings is 1. The number of rotatable bonds is 3. The van der Waals surface area contributed by atoms with Crippen LogP contribution >= 0.6 is 11.3 Å². The molecule has 5 heteroatoms. The van der Waals surface area contributed by atoms with Crippen molar-refractivity contribution in [1.82, 2.24) is 9.55 Å². The monoisotopic (exact) mass is 256 g/mol. The fraction of sp³-hybridized carbons (Fsp3) is 0.0769. The van der Waals surface area contributed by atoms with Crippen molar-refractivity contribution in [3.63, 3.8) is 0 Å². The van der Waals surface area contributed by atoms with E-state index in [9.17, 15) is 0 Å². The van der Waals surface area contributed by atoms with Gasteiger partial charge in [0.1, 0.15) is 0 Å². The van der Waals surface area contributed by atoms with Gasteiger partial charge < -0.3 is 4.57 Å². The van der Waals surface area contributed by atoms with Crippen LogP contribution < -0.4 is 5.43 Å². The molecule has 4 nitrogen and oxygen atoms in total. The van der Waals surface area contributed by atoms with Gasteiger partial charge in [-0.05, 0) is 24.3 Å². The second-order valence-electron chi connectivity index (χ2n) is 3.90. The topological polar surface area (TPSA) is 42.2 Å². The van der Waals surface area contributed by atoms with Gasteiger partial charge in [0.2, 0.25) is 5.13 Å². The first-order valence-electron chi connectivity index (χ1n) is 5.59. The number of para-hydroxylation sites is 1. The molecule has 0 atom stereocenters. The van der Waals surface area contributed by atoms with Crippen LogP contribution in [0.3, 0.4) is 0 Å². The number of fused-ring (bicyclic) bond motifs is 1. The summed E-state index contributed by atoms with van der Waals surface area (Å²) in [6.45, 7) is 0. The minimum absolute atomic E-state index is 0.807. The number of hydrogen-bond acceptors (Lipinski definition) is 4. The van der Waals surface area contributed by atoms with E-state index in [0.29, 0.717) is 0 Å². The molecule has 0 amide bonds. The average Bonchev–Trinajstić information content (AvgIpc) is 2.96. The smallest absolute Gasteiger partial charge is 0.204 e. The predicted octanol–water partition coefficient (Wildman–Crippen LogP) is 3.08. The first kappa shape index (κ1) is 11.0. The summed E-state index contributed by atoms with van der Waals surface area (Å²) in [5.74, 6) is 0. The number of aryl methyl sites for hydroxylation is 1. The van der Waals surface area contributed by atoms with Crippen LogP contribution in [-0.4, -0.2) is 15.8 Å². The Balaban J connectivity index is 1.77. The molecule has 2 aromatic heterocycles. The lowest BCUT2D eigenvalue weighted by Gasteiger charge is -1.95. The van der Waals surface area contributed by atoms with E-state index in [-0.39, 0.29) is 0 Å². The maximum Gasteiger partial charge on any atom is 0.204 e. The highest BCUT2D eigenvalue weighted by Gasteiger charge is 2.00. The van der Waals surface area contributed by atoms with Crippen LogP contribution in [0.25, 0.3) is 10.2 Å². The average molecular weight is 256 g/mol. The lowest BCUT2D eigenvalue weighted by Crippen LogP contribution is -1.95. The third kappa shape index (κ3) is 2.12. The van der Waals surface area contributed by atoms with Crippen molar-refractivity contribution in [3.8, 4) is 0 Å². The third-order valence-corrected chi connectivity index (χ3v) is 3.58. The van der Waals surface area contributed by atoms with Gasteiger partial charge in [0, 0.05) is 13.2 Å². The van der Waals surface area contributed by atoms with Crippen LogP contribution in [0.5, 0.6) is 0 Å². The number of hydrazone groups is 1. The van der Waals surface area contributed by atoms with E-state index < -0.39 is 0 Å². The van der Waals surface area contributed by atoms with E-state index in [1.807, 2.05) is 48.1 Å². The summed E-state index contributed by atoms with van der Waals surface area (Å²) >= 11 is 1.60. The van der Waals surface area contributed by atoms with Crippen LogP contribution in [0.1, 0.15) is 5.69 Å². The van der Waals surface area contributed by atoms with Crippen molar-refractivity contribution in [2.24, 2.45) is 12.1 Å². The van der Waals surface area contributed by atoms with Gasteiger partial charge >= 0.3 is 0 Å². The largest absolute Gasteiger partial charge is 0.350 e. The molecule has 0 bridgehead atoms. The Hall–Kier alpha value is -2.14. The summed E-state index contributed by atoms with van der Waals surface area (Å²) in [7, 11) is 1.99. The number of nitrogens with zero attached hydrogens (tertiary/aromatic N) is 3. The second kappa shape index (κ2) is 4.62. The van der Waals surface area contributed by atoms with Gasteiger partial charge in [-0.25, -0.2) is 4.98 Å². The van der Waals surface area contributed by atoms with Crippen molar-refractivity contribution >= 4 is 32.9 Å². The minimum Gasteiger partial charge on any atom is -0.350 e. The molecule has 18 heavy (non-hydrogen) atoms. The van der Waals surface area contributed by atoms with E-state index in [1.54, 1.807) is 17.6 Å². The summed E-state index contributed by atoms with van der Waals surface area (Å²) < 4.78 is 3.16. The Labute approximate surface area is 109 Å². The number of nitrogens with one attached hydrogen (secondary N) is 1. The molecule has 3 aromatic rings.